The number of ether oxygens (including phenoxy) is 1. The molecular formula is C14H16F4N4O4. The molecule has 0 unspecified atom stereocenters. The van der Waals surface area contributed by atoms with Gasteiger partial charge in [0.2, 0.25) is 0 Å². The Kier molecular flexibility index (Phi) is 5.10. The van der Waals surface area contributed by atoms with Crippen molar-refractivity contribution in [2.24, 2.45) is 0 Å². The van der Waals surface area contributed by atoms with Gasteiger partial charge in [0.15, 0.2) is 11.9 Å². The maximum atomic E-state index is 13.1. The first-order valence-corrected chi connectivity index (χ1v) is 7.71. The fraction of sp³-hybridized carbons (Fsp3) is 0.643. The second kappa shape index (κ2) is 7.02. The van der Waals surface area contributed by atoms with Crippen LogP contribution in [-0.2, 0) is 11.2 Å². The van der Waals surface area contributed by atoms with Gasteiger partial charge in [-0.25, -0.2) is 32.5 Å². The van der Waals surface area contributed by atoms with Gasteiger partial charge < -0.3 is 20.1 Å². The fourth-order valence-electron chi connectivity index (χ4n) is 2.77. The number of imidazole rings is 1. The summed E-state index contributed by atoms with van der Waals surface area (Å²) in [5.74, 6) is -4.15. The van der Waals surface area contributed by atoms with Crippen molar-refractivity contribution < 1.29 is 37.6 Å². The van der Waals surface area contributed by atoms with E-state index >= 15 is 0 Å². The van der Waals surface area contributed by atoms with Gasteiger partial charge in [-0.05, 0) is 6.42 Å². The third-order valence-electron chi connectivity index (χ3n) is 4.24. The molecule has 2 aromatic rings. The minimum atomic E-state index is -4.15. The lowest BCUT2D eigenvalue weighted by Gasteiger charge is -2.16. The molecule has 1 fully saturated rings. The van der Waals surface area contributed by atoms with Gasteiger partial charge in [0.1, 0.15) is 30.2 Å². The van der Waals surface area contributed by atoms with Gasteiger partial charge in [-0.1, -0.05) is 0 Å². The average Bonchev–Trinajstić information content (AvgIpc) is 3.15. The van der Waals surface area contributed by atoms with Crippen LogP contribution < -0.4 is 0 Å². The van der Waals surface area contributed by atoms with Crippen LogP contribution in [0.3, 0.4) is 0 Å². The number of fused-ring (bicyclic) bond motifs is 1. The smallest absolute Gasteiger partial charge is 0.307 e. The Labute approximate surface area is 144 Å². The molecule has 3 rings (SSSR count). The Bertz CT molecular complexity index is 774. The predicted octanol–water partition coefficient (Wildman–Crippen LogP) is 0.271. The van der Waals surface area contributed by atoms with E-state index < -0.39 is 56.3 Å². The quantitative estimate of drug-likeness (QED) is 0.617. The molecule has 0 aliphatic carbocycles. The highest BCUT2D eigenvalue weighted by Crippen LogP contribution is 2.32. The normalized spacial score (nSPS) is 26.9. The number of rotatable bonds is 6. The van der Waals surface area contributed by atoms with Crippen LogP contribution in [0.5, 0.6) is 0 Å². The summed E-state index contributed by atoms with van der Waals surface area (Å²) >= 11 is 0. The molecule has 3 N–H and O–H groups in total. The van der Waals surface area contributed by atoms with Gasteiger partial charge in [-0.15, -0.1) is 0 Å². The van der Waals surface area contributed by atoms with Crippen LogP contribution in [-0.4, -0.2) is 72.1 Å². The Hall–Kier alpha value is -1.89. The maximum absolute atomic E-state index is 13.1. The molecule has 1 aliphatic heterocycles. The van der Waals surface area contributed by atoms with Gasteiger partial charge in [0.05, 0.1) is 18.6 Å². The Balaban J connectivity index is 1.88. The van der Waals surface area contributed by atoms with E-state index in [1.165, 1.54) is 10.9 Å². The van der Waals surface area contributed by atoms with Crippen LogP contribution in [0.2, 0.25) is 0 Å². The molecule has 144 valence electrons. The third-order valence-corrected chi connectivity index (χ3v) is 4.24. The van der Waals surface area contributed by atoms with Crippen molar-refractivity contribution in [2.75, 3.05) is 6.61 Å². The van der Waals surface area contributed by atoms with Crippen LogP contribution in [0.25, 0.3) is 11.2 Å². The second-order valence-corrected chi connectivity index (χ2v) is 5.94. The molecule has 0 aromatic carbocycles. The number of aliphatic hydroxyl groups excluding tert-OH is 3. The number of alkyl halides is 4. The molecule has 26 heavy (non-hydrogen) atoms. The third kappa shape index (κ3) is 3.24. The topological polar surface area (TPSA) is 114 Å². The standard InChI is InChI=1S/C14H16F4N4O4/c15-13(16)14(17,18)2-1-6-8-11(20-4-19-6)22(5-21-8)12-10(25)9(24)7(3-23)26-12/h4-5,7,9-10,12-13,23-25H,1-3H2/t7-,9-,10-,12-/m1/s1. The first kappa shape index (κ1) is 18.9. The molecule has 0 bridgehead atoms. The lowest BCUT2D eigenvalue weighted by atomic mass is 10.1. The molecule has 12 heteroatoms. The zero-order valence-electron chi connectivity index (χ0n) is 13.2. The zero-order chi connectivity index (χ0) is 19.1. The van der Waals surface area contributed by atoms with Gasteiger partial charge in [-0.3, -0.25) is 4.57 Å². The maximum Gasteiger partial charge on any atom is 0.307 e. The summed E-state index contributed by atoms with van der Waals surface area (Å²) in [6, 6.07) is 0. The lowest BCUT2D eigenvalue weighted by molar-refractivity contribution is -0.132. The van der Waals surface area contributed by atoms with E-state index in [1.807, 2.05) is 0 Å². The van der Waals surface area contributed by atoms with Crippen molar-refractivity contribution in [1.29, 1.82) is 0 Å². The van der Waals surface area contributed by atoms with E-state index in [0.717, 1.165) is 6.33 Å². The van der Waals surface area contributed by atoms with E-state index in [9.17, 15) is 27.8 Å². The molecule has 8 nitrogen and oxygen atoms in total. The molecule has 4 atom stereocenters. The zero-order valence-corrected chi connectivity index (χ0v) is 13.2. The van der Waals surface area contributed by atoms with Crippen molar-refractivity contribution in [3.8, 4) is 0 Å². The van der Waals surface area contributed by atoms with Gasteiger partial charge in [0.25, 0.3) is 0 Å². The number of aliphatic hydroxyl groups is 3. The van der Waals surface area contributed by atoms with E-state index in [0.29, 0.717) is 0 Å². The van der Waals surface area contributed by atoms with Crippen LogP contribution >= 0.6 is 0 Å². The highest BCUT2D eigenvalue weighted by molar-refractivity contribution is 5.73. The molecular weight excluding hydrogens is 364 g/mol. The van der Waals surface area contributed by atoms with Crippen LogP contribution in [0.15, 0.2) is 12.7 Å². The van der Waals surface area contributed by atoms with Crippen LogP contribution in [0.1, 0.15) is 18.3 Å². The molecule has 0 saturated carbocycles. The average molecular weight is 380 g/mol. The summed E-state index contributed by atoms with van der Waals surface area (Å²) in [4.78, 5) is 11.8. The Morgan fingerprint density at radius 2 is 1.92 bits per heavy atom. The van der Waals surface area contributed by atoms with Crippen molar-refractivity contribution >= 4 is 11.2 Å². The van der Waals surface area contributed by atoms with E-state index in [-0.39, 0.29) is 16.9 Å². The molecule has 0 spiro atoms. The number of hydrogen-bond acceptors (Lipinski definition) is 7. The molecule has 1 saturated heterocycles. The summed E-state index contributed by atoms with van der Waals surface area (Å²) < 4.78 is 57.5. The van der Waals surface area contributed by atoms with Gasteiger partial charge in [-0.2, -0.15) is 0 Å². The van der Waals surface area contributed by atoms with E-state index in [4.69, 9.17) is 9.84 Å². The van der Waals surface area contributed by atoms with Crippen LogP contribution in [0.4, 0.5) is 17.6 Å². The van der Waals surface area contributed by atoms with Crippen molar-refractivity contribution in [3.63, 3.8) is 0 Å². The highest BCUT2D eigenvalue weighted by atomic mass is 19.3. The summed E-state index contributed by atoms with van der Waals surface area (Å²) in [5, 5.41) is 29.0. The predicted molar refractivity (Wildman–Crippen MR) is 77.6 cm³/mol. The molecule has 1 aliphatic rings. The summed E-state index contributed by atoms with van der Waals surface area (Å²) in [5.41, 5.74) is 0.251. The largest absolute Gasteiger partial charge is 0.394 e. The SMILES string of the molecule is OC[C@H]1O[C@@H](n2cnc3c(CCC(F)(F)C(F)F)ncnc32)[C@H](O)[C@@H]1O. The van der Waals surface area contributed by atoms with Crippen LogP contribution in [0, 0.1) is 0 Å². The molecule has 3 heterocycles. The number of aryl methyl sites for hydroxylation is 1. The summed E-state index contributed by atoms with van der Waals surface area (Å²) in [7, 11) is 0. The number of aromatic nitrogens is 4. The molecule has 0 radical (unpaired) electrons. The fourth-order valence-corrected chi connectivity index (χ4v) is 2.77. The van der Waals surface area contributed by atoms with Gasteiger partial charge in [0, 0.05) is 6.42 Å². The highest BCUT2D eigenvalue weighted by Gasteiger charge is 2.44. The minimum absolute atomic E-state index is 0.0424. The Morgan fingerprint density at radius 3 is 2.54 bits per heavy atom. The minimum Gasteiger partial charge on any atom is -0.394 e. The van der Waals surface area contributed by atoms with E-state index in [2.05, 4.69) is 15.0 Å². The summed E-state index contributed by atoms with van der Waals surface area (Å²) in [6.45, 7) is -0.524. The second-order valence-electron chi connectivity index (χ2n) is 5.94. The van der Waals surface area contributed by atoms with Crippen molar-refractivity contribution in [3.05, 3.63) is 18.3 Å². The first-order valence-electron chi connectivity index (χ1n) is 7.71. The van der Waals surface area contributed by atoms with E-state index in [1.54, 1.807) is 0 Å². The lowest BCUT2D eigenvalue weighted by Crippen LogP contribution is -2.33. The van der Waals surface area contributed by atoms with Crippen molar-refractivity contribution in [2.45, 2.75) is 49.7 Å². The number of hydrogen-bond donors (Lipinski definition) is 3. The molecule has 2 aromatic heterocycles. The number of halogens is 4. The summed E-state index contributed by atoms with van der Waals surface area (Å²) in [6.07, 6.45) is -7.95. The monoisotopic (exact) mass is 380 g/mol. The van der Waals surface area contributed by atoms with Gasteiger partial charge >= 0.3 is 12.3 Å². The van der Waals surface area contributed by atoms with Crippen molar-refractivity contribution in [1.82, 2.24) is 19.5 Å². The number of nitrogens with zero attached hydrogens (tertiary/aromatic N) is 4. The molecule has 0 amide bonds. The first-order chi connectivity index (χ1) is 12.3. The Morgan fingerprint density at radius 1 is 1.19 bits per heavy atom.